The number of hydrogen-bond donors (Lipinski definition) is 1. The van der Waals surface area contributed by atoms with Crippen LogP contribution in [0.5, 0.6) is 0 Å². The van der Waals surface area contributed by atoms with E-state index in [-0.39, 0.29) is 18.2 Å². The number of carbonyl (C=O) groups excluding carboxylic acids is 2. The molecule has 0 unspecified atom stereocenters. The average Bonchev–Trinajstić information content (AvgIpc) is 2.89. The van der Waals surface area contributed by atoms with Crippen molar-refractivity contribution < 1.29 is 9.59 Å². The first-order valence-corrected chi connectivity index (χ1v) is 7.97. The molecule has 0 aliphatic rings. The van der Waals surface area contributed by atoms with E-state index in [1.54, 1.807) is 24.3 Å². The SMILES string of the molecule is CC(=O)c1cccc(NC(=O)Cn2ccc3ccc(Br)cc32)c1. The number of fused-ring (bicyclic) bond motifs is 1. The number of halogens is 1. The van der Waals surface area contributed by atoms with E-state index < -0.39 is 0 Å². The Kier molecular flexibility index (Phi) is 4.30. The first-order valence-electron chi connectivity index (χ1n) is 7.18. The van der Waals surface area contributed by atoms with Crippen molar-refractivity contribution in [3.63, 3.8) is 0 Å². The van der Waals surface area contributed by atoms with Gasteiger partial charge in [0.1, 0.15) is 6.54 Å². The third-order valence-corrected chi connectivity index (χ3v) is 4.10. The van der Waals surface area contributed by atoms with Gasteiger partial charge in [0, 0.05) is 27.4 Å². The first kappa shape index (κ1) is 15.5. The summed E-state index contributed by atoms with van der Waals surface area (Å²) in [6.45, 7) is 1.72. The van der Waals surface area contributed by atoms with E-state index in [4.69, 9.17) is 0 Å². The molecule has 0 bridgehead atoms. The highest BCUT2D eigenvalue weighted by atomic mass is 79.9. The van der Waals surface area contributed by atoms with Gasteiger partial charge in [-0.2, -0.15) is 0 Å². The minimum atomic E-state index is -0.136. The van der Waals surface area contributed by atoms with Gasteiger partial charge in [-0.15, -0.1) is 0 Å². The molecule has 0 radical (unpaired) electrons. The third-order valence-electron chi connectivity index (χ3n) is 3.60. The number of nitrogens with one attached hydrogen (secondary N) is 1. The topological polar surface area (TPSA) is 51.1 Å². The van der Waals surface area contributed by atoms with E-state index in [1.807, 2.05) is 35.0 Å². The van der Waals surface area contributed by atoms with Crippen molar-refractivity contribution in [3.8, 4) is 0 Å². The number of benzene rings is 2. The molecule has 1 N–H and O–H groups in total. The van der Waals surface area contributed by atoms with Gasteiger partial charge in [-0.3, -0.25) is 9.59 Å². The van der Waals surface area contributed by atoms with Gasteiger partial charge in [-0.25, -0.2) is 0 Å². The lowest BCUT2D eigenvalue weighted by molar-refractivity contribution is -0.116. The van der Waals surface area contributed by atoms with Crippen LogP contribution >= 0.6 is 15.9 Å². The van der Waals surface area contributed by atoms with Gasteiger partial charge in [0.05, 0.1) is 0 Å². The highest BCUT2D eigenvalue weighted by Gasteiger charge is 2.08. The van der Waals surface area contributed by atoms with Crippen molar-refractivity contribution in [1.82, 2.24) is 4.57 Å². The molecule has 116 valence electrons. The summed E-state index contributed by atoms with van der Waals surface area (Å²) in [5.74, 6) is -0.162. The molecule has 1 amide bonds. The summed E-state index contributed by atoms with van der Waals surface area (Å²) >= 11 is 3.45. The van der Waals surface area contributed by atoms with Crippen LogP contribution in [-0.2, 0) is 11.3 Å². The molecular weight excluding hydrogens is 356 g/mol. The largest absolute Gasteiger partial charge is 0.338 e. The van der Waals surface area contributed by atoms with E-state index in [9.17, 15) is 9.59 Å². The van der Waals surface area contributed by atoms with Crippen molar-refractivity contribution in [3.05, 3.63) is 64.8 Å². The monoisotopic (exact) mass is 370 g/mol. The lowest BCUT2D eigenvalue weighted by atomic mass is 10.1. The molecule has 0 saturated carbocycles. The van der Waals surface area contributed by atoms with Gasteiger partial charge in [-0.05, 0) is 42.6 Å². The summed E-state index contributed by atoms with van der Waals surface area (Å²) < 4.78 is 2.86. The third kappa shape index (κ3) is 3.51. The summed E-state index contributed by atoms with van der Waals surface area (Å²) in [6.07, 6.45) is 1.89. The smallest absolute Gasteiger partial charge is 0.244 e. The summed E-state index contributed by atoms with van der Waals surface area (Å²) in [7, 11) is 0. The Morgan fingerprint density at radius 2 is 1.96 bits per heavy atom. The number of ketones is 1. The highest BCUT2D eigenvalue weighted by molar-refractivity contribution is 9.10. The predicted molar refractivity (Wildman–Crippen MR) is 94.7 cm³/mol. The van der Waals surface area contributed by atoms with Crippen molar-refractivity contribution in [2.24, 2.45) is 0 Å². The summed E-state index contributed by atoms with van der Waals surface area (Å²) in [5, 5.41) is 3.91. The molecule has 0 fully saturated rings. The summed E-state index contributed by atoms with van der Waals surface area (Å²) in [4.78, 5) is 23.7. The van der Waals surface area contributed by atoms with Gasteiger partial charge < -0.3 is 9.88 Å². The fraction of sp³-hybridized carbons (Fsp3) is 0.111. The number of aromatic nitrogens is 1. The normalized spacial score (nSPS) is 10.7. The molecule has 2 aromatic carbocycles. The fourth-order valence-electron chi connectivity index (χ4n) is 2.47. The number of amides is 1. The van der Waals surface area contributed by atoms with Crippen molar-refractivity contribution in [1.29, 1.82) is 0 Å². The van der Waals surface area contributed by atoms with Crippen molar-refractivity contribution in [2.45, 2.75) is 13.5 Å². The van der Waals surface area contributed by atoms with Gasteiger partial charge in [0.25, 0.3) is 0 Å². The molecule has 1 aromatic heterocycles. The second-order valence-electron chi connectivity index (χ2n) is 5.33. The minimum Gasteiger partial charge on any atom is -0.338 e. The molecular formula is C18H15BrN2O2. The van der Waals surface area contributed by atoms with E-state index in [1.165, 1.54) is 6.92 Å². The Balaban J connectivity index is 1.77. The van der Waals surface area contributed by atoms with Crippen LogP contribution in [0.4, 0.5) is 5.69 Å². The van der Waals surface area contributed by atoms with Crippen LogP contribution in [0.2, 0.25) is 0 Å². The molecule has 3 aromatic rings. The van der Waals surface area contributed by atoms with Crippen LogP contribution in [0.1, 0.15) is 17.3 Å². The minimum absolute atomic E-state index is 0.0256. The second-order valence-corrected chi connectivity index (χ2v) is 6.25. The first-order chi connectivity index (χ1) is 11.0. The molecule has 0 spiro atoms. The maximum atomic E-state index is 12.3. The van der Waals surface area contributed by atoms with Crippen molar-refractivity contribution >= 4 is 44.2 Å². The zero-order valence-corrected chi connectivity index (χ0v) is 14.1. The Morgan fingerprint density at radius 1 is 1.13 bits per heavy atom. The van der Waals surface area contributed by atoms with Gasteiger partial charge in [-0.1, -0.05) is 34.1 Å². The molecule has 23 heavy (non-hydrogen) atoms. The van der Waals surface area contributed by atoms with Gasteiger partial charge in [0.15, 0.2) is 5.78 Å². The highest BCUT2D eigenvalue weighted by Crippen LogP contribution is 2.21. The molecule has 0 saturated heterocycles. The van der Waals surface area contributed by atoms with E-state index in [2.05, 4.69) is 21.2 Å². The number of anilines is 1. The van der Waals surface area contributed by atoms with E-state index in [0.717, 1.165) is 15.4 Å². The molecule has 0 aliphatic carbocycles. The van der Waals surface area contributed by atoms with Gasteiger partial charge >= 0.3 is 0 Å². The lowest BCUT2D eigenvalue weighted by Gasteiger charge is -2.08. The fourth-order valence-corrected chi connectivity index (χ4v) is 2.82. The van der Waals surface area contributed by atoms with E-state index >= 15 is 0 Å². The molecule has 3 rings (SSSR count). The standard InChI is InChI=1S/C18H15BrN2O2/c1-12(22)14-3-2-4-16(9-14)20-18(23)11-21-8-7-13-5-6-15(19)10-17(13)21/h2-10H,11H2,1H3,(H,20,23). The Bertz CT molecular complexity index is 899. The Morgan fingerprint density at radius 3 is 2.74 bits per heavy atom. The number of rotatable bonds is 4. The Labute approximate surface area is 142 Å². The van der Waals surface area contributed by atoms with Crippen LogP contribution in [0, 0.1) is 0 Å². The van der Waals surface area contributed by atoms with Gasteiger partial charge in [0.2, 0.25) is 5.91 Å². The number of carbonyl (C=O) groups is 2. The van der Waals surface area contributed by atoms with Crippen LogP contribution in [0.3, 0.4) is 0 Å². The second kappa shape index (κ2) is 6.38. The number of nitrogens with zero attached hydrogens (tertiary/aromatic N) is 1. The van der Waals surface area contributed by atoms with Crippen molar-refractivity contribution in [2.75, 3.05) is 5.32 Å². The molecule has 4 nitrogen and oxygen atoms in total. The molecule has 5 heteroatoms. The van der Waals surface area contributed by atoms with Crippen LogP contribution < -0.4 is 5.32 Å². The zero-order valence-electron chi connectivity index (χ0n) is 12.5. The quantitative estimate of drug-likeness (QED) is 0.698. The number of hydrogen-bond acceptors (Lipinski definition) is 2. The lowest BCUT2D eigenvalue weighted by Crippen LogP contribution is -2.18. The summed E-state index contributed by atoms with van der Waals surface area (Å²) in [6, 6.07) is 14.9. The van der Waals surface area contributed by atoms with E-state index in [0.29, 0.717) is 11.3 Å². The average molecular weight is 371 g/mol. The molecule has 1 heterocycles. The zero-order chi connectivity index (χ0) is 16.4. The maximum absolute atomic E-state index is 12.3. The number of Topliss-reactive ketones (excluding diaryl/α,β-unsaturated/α-hetero) is 1. The molecule has 0 atom stereocenters. The predicted octanol–water partition coefficient (Wildman–Crippen LogP) is 4.25. The Hall–Kier alpha value is -2.40. The van der Waals surface area contributed by atoms with Crippen LogP contribution in [0.25, 0.3) is 10.9 Å². The van der Waals surface area contributed by atoms with Crippen LogP contribution in [-0.4, -0.2) is 16.3 Å². The van der Waals surface area contributed by atoms with Crippen LogP contribution in [0.15, 0.2) is 59.2 Å². The maximum Gasteiger partial charge on any atom is 0.244 e. The summed E-state index contributed by atoms with van der Waals surface area (Å²) in [5.41, 5.74) is 2.20. The molecule has 0 aliphatic heterocycles.